The Hall–Kier alpha value is -1.71. The Morgan fingerprint density at radius 2 is 1.64 bits per heavy atom. The van der Waals surface area contributed by atoms with Crippen molar-refractivity contribution in [3.8, 4) is 0 Å². The van der Waals surface area contributed by atoms with E-state index in [-0.39, 0.29) is 11.9 Å². The molecule has 0 aliphatic rings. The van der Waals surface area contributed by atoms with Crippen LogP contribution in [0.3, 0.4) is 0 Å². The SMILES string of the molecule is CCC(N(C)C)C(N)(Cc1ccccc1)c1ccc(F)cc1. The summed E-state index contributed by atoms with van der Waals surface area (Å²) in [5, 5.41) is 0. The molecule has 2 N–H and O–H groups in total. The maximum atomic E-state index is 13.3. The number of nitrogens with zero attached hydrogens (tertiary/aromatic N) is 1. The molecule has 2 atom stereocenters. The molecule has 0 radical (unpaired) electrons. The number of benzene rings is 2. The van der Waals surface area contributed by atoms with Gasteiger partial charge in [-0.3, -0.25) is 0 Å². The average molecular weight is 300 g/mol. The van der Waals surface area contributed by atoms with Gasteiger partial charge in [0.25, 0.3) is 0 Å². The van der Waals surface area contributed by atoms with Crippen molar-refractivity contribution in [2.45, 2.75) is 31.3 Å². The van der Waals surface area contributed by atoms with Crippen molar-refractivity contribution < 1.29 is 4.39 Å². The molecule has 0 fully saturated rings. The molecule has 2 aromatic carbocycles. The van der Waals surface area contributed by atoms with Crippen LogP contribution in [-0.2, 0) is 12.0 Å². The highest BCUT2D eigenvalue weighted by atomic mass is 19.1. The van der Waals surface area contributed by atoms with Crippen LogP contribution in [0.5, 0.6) is 0 Å². The smallest absolute Gasteiger partial charge is 0.123 e. The average Bonchev–Trinajstić information content (AvgIpc) is 2.49. The molecule has 0 saturated heterocycles. The fourth-order valence-electron chi connectivity index (χ4n) is 3.30. The van der Waals surface area contributed by atoms with Gasteiger partial charge in [-0.2, -0.15) is 0 Å². The molecule has 0 bridgehead atoms. The predicted molar refractivity (Wildman–Crippen MR) is 90.2 cm³/mol. The lowest BCUT2D eigenvalue weighted by Gasteiger charge is -2.41. The maximum Gasteiger partial charge on any atom is 0.123 e. The van der Waals surface area contributed by atoms with E-state index in [9.17, 15) is 4.39 Å². The van der Waals surface area contributed by atoms with Gasteiger partial charge in [-0.25, -0.2) is 4.39 Å². The normalized spacial score (nSPS) is 15.5. The van der Waals surface area contributed by atoms with E-state index in [0.717, 1.165) is 18.4 Å². The molecule has 0 saturated carbocycles. The summed E-state index contributed by atoms with van der Waals surface area (Å²) >= 11 is 0. The Morgan fingerprint density at radius 1 is 1.05 bits per heavy atom. The van der Waals surface area contributed by atoms with E-state index in [1.165, 1.54) is 17.7 Å². The lowest BCUT2D eigenvalue weighted by Crippen LogP contribution is -2.55. The van der Waals surface area contributed by atoms with Crippen LogP contribution in [0.2, 0.25) is 0 Å². The summed E-state index contributed by atoms with van der Waals surface area (Å²) in [6.45, 7) is 2.14. The lowest BCUT2D eigenvalue weighted by molar-refractivity contribution is 0.168. The van der Waals surface area contributed by atoms with E-state index in [1.807, 2.05) is 44.4 Å². The second kappa shape index (κ2) is 7.03. The van der Waals surface area contributed by atoms with Crippen molar-refractivity contribution in [2.75, 3.05) is 14.1 Å². The number of hydrogen-bond acceptors (Lipinski definition) is 2. The van der Waals surface area contributed by atoms with Crippen LogP contribution in [0.25, 0.3) is 0 Å². The molecule has 2 rings (SSSR count). The molecule has 118 valence electrons. The summed E-state index contributed by atoms with van der Waals surface area (Å²) in [4.78, 5) is 2.16. The molecule has 2 unspecified atom stereocenters. The van der Waals surface area contributed by atoms with Crippen LogP contribution in [0.4, 0.5) is 4.39 Å². The number of hydrogen-bond donors (Lipinski definition) is 1. The first kappa shape index (κ1) is 16.7. The van der Waals surface area contributed by atoms with Crippen LogP contribution < -0.4 is 5.73 Å². The number of nitrogens with two attached hydrogens (primary N) is 1. The Balaban J connectivity index is 2.45. The standard InChI is InChI=1S/C19H25FN2/c1-4-18(22(2)3)19(21,14-15-8-6-5-7-9-15)16-10-12-17(20)13-11-16/h5-13,18H,4,14,21H2,1-3H3. The second-order valence-corrected chi connectivity index (χ2v) is 6.10. The van der Waals surface area contributed by atoms with E-state index in [0.29, 0.717) is 0 Å². The van der Waals surface area contributed by atoms with Crippen molar-refractivity contribution in [2.24, 2.45) is 5.73 Å². The molecule has 0 spiro atoms. The van der Waals surface area contributed by atoms with Crippen molar-refractivity contribution >= 4 is 0 Å². The first-order chi connectivity index (χ1) is 10.5. The van der Waals surface area contributed by atoms with Crippen LogP contribution in [0, 0.1) is 5.82 Å². The van der Waals surface area contributed by atoms with Gasteiger partial charge >= 0.3 is 0 Å². The van der Waals surface area contributed by atoms with Gasteiger partial charge in [0.05, 0.1) is 5.54 Å². The molecule has 0 aliphatic carbocycles. The van der Waals surface area contributed by atoms with Crippen molar-refractivity contribution in [3.63, 3.8) is 0 Å². The second-order valence-electron chi connectivity index (χ2n) is 6.10. The minimum absolute atomic E-state index is 0.165. The Kier molecular flexibility index (Phi) is 5.33. The summed E-state index contributed by atoms with van der Waals surface area (Å²) in [5.41, 5.74) is 8.49. The lowest BCUT2D eigenvalue weighted by atomic mass is 9.77. The first-order valence-corrected chi connectivity index (χ1v) is 7.72. The number of likely N-dealkylation sites (N-methyl/N-ethyl adjacent to an activating group) is 1. The molecule has 2 aromatic rings. The highest BCUT2D eigenvalue weighted by molar-refractivity contribution is 5.31. The molecular formula is C19H25FN2. The molecule has 3 heteroatoms. The third-order valence-electron chi connectivity index (χ3n) is 4.33. The van der Waals surface area contributed by atoms with Gasteiger partial charge < -0.3 is 10.6 Å². The summed E-state index contributed by atoms with van der Waals surface area (Å²) in [7, 11) is 4.09. The van der Waals surface area contributed by atoms with Gasteiger partial charge in [0.15, 0.2) is 0 Å². The molecule has 0 aliphatic heterocycles. The fourth-order valence-corrected chi connectivity index (χ4v) is 3.30. The van der Waals surface area contributed by atoms with Crippen molar-refractivity contribution in [3.05, 3.63) is 71.5 Å². The highest BCUT2D eigenvalue weighted by Gasteiger charge is 2.37. The minimum Gasteiger partial charge on any atom is -0.320 e. The van der Waals surface area contributed by atoms with Crippen molar-refractivity contribution in [1.29, 1.82) is 0 Å². The van der Waals surface area contributed by atoms with E-state index in [1.54, 1.807) is 0 Å². The van der Waals surface area contributed by atoms with Crippen LogP contribution in [0.1, 0.15) is 24.5 Å². The van der Waals surface area contributed by atoms with Crippen LogP contribution >= 0.6 is 0 Å². The monoisotopic (exact) mass is 300 g/mol. The number of halogens is 1. The van der Waals surface area contributed by atoms with Crippen molar-refractivity contribution in [1.82, 2.24) is 4.90 Å². The quantitative estimate of drug-likeness (QED) is 0.884. The summed E-state index contributed by atoms with van der Waals surface area (Å²) in [6.07, 6.45) is 1.64. The van der Waals surface area contributed by atoms with E-state index < -0.39 is 5.54 Å². The summed E-state index contributed by atoms with van der Waals surface area (Å²) in [5.74, 6) is -0.233. The molecule has 2 nitrogen and oxygen atoms in total. The van der Waals surface area contributed by atoms with Gasteiger partial charge in [0.2, 0.25) is 0 Å². The Bertz CT molecular complexity index is 580. The molecular weight excluding hydrogens is 275 g/mol. The topological polar surface area (TPSA) is 29.3 Å². The zero-order valence-electron chi connectivity index (χ0n) is 13.6. The highest BCUT2D eigenvalue weighted by Crippen LogP contribution is 2.31. The predicted octanol–water partition coefficient (Wildman–Crippen LogP) is 3.56. The molecule has 0 aromatic heterocycles. The van der Waals surface area contributed by atoms with E-state index in [4.69, 9.17) is 5.73 Å². The number of rotatable bonds is 6. The van der Waals surface area contributed by atoms with Gasteiger partial charge in [-0.05, 0) is 50.2 Å². The largest absolute Gasteiger partial charge is 0.320 e. The van der Waals surface area contributed by atoms with Gasteiger partial charge in [-0.1, -0.05) is 49.4 Å². The van der Waals surface area contributed by atoms with Gasteiger partial charge in [-0.15, -0.1) is 0 Å². The van der Waals surface area contributed by atoms with E-state index >= 15 is 0 Å². The fraction of sp³-hybridized carbons (Fsp3) is 0.368. The third kappa shape index (κ3) is 3.54. The zero-order valence-corrected chi connectivity index (χ0v) is 13.6. The Morgan fingerprint density at radius 3 is 2.14 bits per heavy atom. The Labute approximate surface area is 132 Å². The van der Waals surface area contributed by atoms with E-state index in [2.05, 4.69) is 24.0 Å². The van der Waals surface area contributed by atoms with Crippen LogP contribution in [-0.4, -0.2) is 25.0 Å². The molecule has 22 heavy (non-hydrogen) atoms. The van der Waals surface area contributed by atoms with Gasteiger partial charge in [0.1, 0.15) is 5.82 Å². The first-order valence-electron chi connectivity index (χ1n) is 7.72. The summed E-state index contributed by atoms with van der Waals surface area (Å²) in [6, 6.07) is 17.0. The maximum absolute atomic E-state index is 13.3. The summed E-state index contributed by atoms with van der Waals surface area (Å²) < 4.78 is 13.3. The third-order valence-corrected chi connectivity index (χ3v) is 4.33. The molecule has 0 amide bonds. The minimum atomic E-state index is -0.562. The van der Waals surface area contributed by atoms with Gasteiger partial charge in [0, 0.05) is 6.04 Å². The zero-order chi connectivity index (χ0) is 16.2. The molecule has 0 heterocycles. The van der Waals surface area contributed by atoms with Crippen LogP contribution in [0.15, 0.2) is 54.6 Å².